The number of rotatable bonds is 6. The maximum atomic E-state index is 12.8. The summed E-state index contributed by atoms with van der Waals surface area (Å²) in [5, 5.41) is 12.0. The number of benzene rings is 1. The maximum absolute atomic E-state index is 12.8. The number of hydrogen-bond donors (Lipinski definition) is 1. The number of nitrogens with one attached hydrogen (secondary N) is 1. The Morgan fingerprint density at radius 1 is 1.22 bits per heavy atom. The van der Waals surface area contributed by atoms with Crippen LogP contribution in [0.4, 0.5) is 4.39 Å². The van der Waals surface area contributed by atoms with Crippen LogP contribution in [-0.4, -0.2) is 30.4 Å². The zero-order chi connectivity index (χ0) is 16.7. The Morgan fingerprint density at radius 2 is 1.87 bits per heavy atom. The van der Waals surface area contributed by atoms with E-state index in [0.29, 0.717) is 38.0 Å². The molecule has 0 aliphatic carbocycles. The molecule has 1 aliphatic rings. The lowest BCUT2D eigenvalue weighted by atomic mass is 9.91. The van der Waals surface area contributed by atoms with Gasteiger partial charge in [0.05, 0.1) is 6.07 Å². The molecule has 1 saturated heterocycles. The van der Waals surface area contributed by atoms with Crippen LogP contribution in [0.15, 0.2) is 24.3 Å². The highest BCUT2D eigenvalue weighted by Gasteiger charge is 2.33. The number of amides is 1. The second-order valence-corrected chi connectivity index (χ2v) is 5.64. The van der Waals surface area contributed by atoms with Gasteiger partial charge in [0.1, 0.15) is 11.4 Å². The van der Waals surface area contributed by atoms with Gasteiger partial charge in [-0.1, -0.05) is 0 Å². The van der Waals surface area contributed by atoms with Crippen molar-refractivity contribution in [1.82, 2.24) is 5.32 Å². The van der Waals surface area contributed by atoms with E-state index in [2.05, 4.69) is 11.4 Å². The van der Waals surface area contributed by atoms with Crippen molar-refractivity contribution in [2.45, 2.75) is 37.6 Å². The van der Waals surface area contributed by atoms with Gasteiger partial charge in [-0.25, -0.2) is 4.39 Å². The molecule has 6 heteroatoms. The Hall–Kier alpha value is -2.26. The minimum absolute atomic E-state index is 0.126. The summed E-state index contributed by atoms with van der Waals surface area (Å²) >= 11 is 0. The van der Waals surface area contributed by atoms with Crippen molar-refractivity contribution in [3.05, 3.63) is 35.6 Å². The van der Waals surface area contributed by atoms with Gasteiger partial charge >= 0.3 is 0 Å². The quantitative estimate of drug-likeness (QED) is 0.817. The fraction of sp³-hybridized carbons (Fsp3) is 0.471. The summed E-state index contributed by atoms with van der Waals surface area (Å²) in [6.45, 7) is 0.911. The first-order valence-electron chi connectivity index (χ1n) is 7.63. The summed E-state index contributed by atoms with van der Waals surface area (Å²) < 4.78 is 18.0. The van der Waals surface area contributed by atoms with E-state index in [9.17, 15) is 19.2 Å². The molecule has 2 rings (SSSR count). The maximum Gasteiger partial charge on any atom is 0.221 e. The molecule has 0 aromatic heterocycles. The number of carbonyl (C=O) groups excluding carboxylic acids is 2. The zero-order valence-electron chi connectivity index (χ0n) is 12.8. The molecule has 1 aromatic carbocycles. The molecule has 1 aliphatic heterocycles. The third-order valence-corrected chi connectivity index (χ3v) is 3.91. The number of ether oxygens (including phenoxy) is 1. The van der Waals surface area contributed by atoms with Crippen LogP contribution in [-0.2, 0) is 9.53 Å². The molecule has 1 fully saturated rings. The highest BCUT2D eigenvalue weighted by Crippen LogP contribution is 2.20. The third-order valence-electron chi connectivity index (χ3n) is 3.91. The standard InChI is InChI=1S/C17H19FN2O3/c18-14-6-4-13(5-7-14)15(21)2-1-3-16(22)20-17(12-19)8-10-23-11-9-17/h4-7H,1-3,8-11H2,(H,20,22). The van der Waals surface area contributed by atoms with E-state index in [4.69, 9.17) is 4.74 Å². The second kappa shape index (κ2) is 7.84. The molecule has 0 unspecified atom stereocenters. The first kappa shape index (κ1) is 17.1. The lowest BCUT2D eigenvalue weighted by molar-refractivity contribution is -0.123. The molecule has 0 spiro atoms. The Labute approximate surface area is 134 Å². The van der Waals surface area contributed by atoms with Crippen molar-refractivity contribution in [2.75, 3.05) is 13.2 Å². The number of nitrogens with zero attached hydrogens (tertiary/aromatic N) is 1. The predicted molar refractivity (Wildman–Crippen MR) is 81.1 cm³/mol. The largest absolute Gasteiger partial charge is 0.381 e. The lowest BCUT2D eigenvalue weighted by Gasteiger charge is -2.31. The molecule has 1 heterocycles. The van der Waals surface area contributed by atoms with E-state index >= 15 is 0 Å². The molecule has 1 aromatic rings. The van der Waals surface area contributed by atoms with Crippen molar-refractivity contribution in [3.8, 4) is 6.07 Å². The summed E-state index contributed by atoms with van der Waals surface area (Å²) in [6, 6.07) is 7.51. The molecule has 0 saturated carbocycles. The summed E-state index contributed by atoms with van der Waals surface area (Å²) in [5.74, 6) is -0.751. The third kappa shape index (κ3) is 4.86. The zero-order valence-corrected chi connectivity index (χ0v) is 12.8. The molecule has 122 valence electrons. The summed E-state index contributed by atoms with van der Waals surface area (Å²) in [5.41, 5.74) is -0.416. The van der Waals surface area contributed by atoms with Crippen LogP contribution in [0.25, 0.3) is 0 Å². The SMILES string of the molecule is N#CC1(NC(=O)CCCC(=O)c2ccc(F)cc2)CCOCC1. The van der Waals surface area contributed by atoms with E-state index in [1.165, 1.54) is 24.3 Å². The van der Waals surface area contributed by atoms with Gasteiger partial charge in [-0.2, -0.15) is 5.26 Å². The normalized spacial score (nSPS) is 16.3. The van der Waals surface area contributed by atoms with Crippen molar-refractivity contribution in [2.24, 2.45) is 0 Å². The van der Waals surface area contributed by atoms with Gasteiger partial charge in [-0.05, 0) is 30.7 Å². The van der Waals surface area contributed by atoms with Crippen molar-refractivity contribution < 1.29 is 18.7 Å². The van der Waals surface area contributed by atoms with E-state index in [1.54, 1.807) is 0 Å². The number of ketones is 1. The Morgan fingerprint density at radius 3 is 2.48 bits per heavy atom. The topological polar surface area (TPSA) is 79.2 Å². The smallest absolute Gasteiger partial charge is 0.221 e. The second-order valence-electron chi connectivity index (χ2n) is 5.64. The van der Waals surface area contributed by atoms with Crippen LogP contribution < -0.4 is 5.32 Å². The molecule has 0 atom stereocenters. The summed E-state index contributed by atoms with van der Waals surface area (Å²) in [7, 11) is 0. The van der Waals surface area contributed by atoms with E-state index in [1.807, 2.05) is 0 Å². The number of Topliss-reactive ketones (excluding diaryl/α,β-unsaturated/α-hetero) is 1. The fourth-order valence-corrected chi connectivity index (χ4v) is 2.50. The number of nitriles is 1. The highest BCUT2D eigenvalue weighted by atomic mass is 19.1. The molecule has 5 nitrogen and oxygen atoms in total. The van der Waals surface area contributed by atoms with Gasteiger partial charge in [0.2, 0.25) is 5.91 Å². The van der Waals surface area contributed by atoms with Gasteiger partial charge in [-0.3, -0.25) is 9.59 Å². The van der Waals surface area contributed by atoms with Gasteiger partial charge in [0.15, 0.2) is 5.78 Å². The highest BCUT2D eigenvalue weighted by molar-refractivity contribution is 5.96. The van der Waals surface area contributed by atoms with E-state index < -0.39 is 5.54 Å². The van der Waals surface area contributed by atoms with Crippen LogP contribution in [0.3, 0.4) is 0 Å². The van der Waals surface area contributed by atoms with Gasteiger partial charge in [0.25, 0.3) is 0 Å². The van der Waals surface area contributed by atoms with E-state index in [-0.39, 0.29) is 30.3 Å². The average molecular weight is 318 g/mol. The number of carbonyl (C=O) groups is 2. The summed E-state index contributed by atoms with van der Waals surface area (Å²) in [6.07, 6.45) is 1.73. The first-order chi connectivity index (χ1) is 11.0. The Bertz CT molecular complexity index is 601. The Balaban J connectivity index is 1.77. The fourth-order valence-electron chi connectivity index (χ4n) is 2.50. The van der Waals surface area contributed by atoms with Gasteiger partial charge in [0, 0.05) is 44.5 Å². The molecular weight excluding hydrogens is 299 g/mol. The lowest BCUT2D eigenvalue weighted by Crippen LogP contribution is -2.50. The van der Waals surface area contributed by atoms with Crippen molar-refractivity contribution in [1.29, 1.82) is 5.26 Å². The molecular formula is C17H19FN2O3. The van der Waals surface area contributed by atoms with Crippen LogP contribution in [0.1, 0.15) is 42.5 Å². The predicted octanol–water partition coefficient (Wildman–Crippen LogP) is 2.37. The number of hydrogen-bond acceptors (Lipinski definition) is 4. The number of halogens is 1. The molecule has 0 bridgehead atoms. The van der Waals surface area contributed by atoms with Crippen LogP contribution >= 0.6 is 0 Å². The minimum atomic E-state index is -0.851. The minimum Gasteiger partial charge on any atom is -0.381 e. The first-order valence-corrected chi connectivity index (χ1v) is 7.63. The van der Waals surface area contributed by atoms with E-state index in [0.717, 1.165) is 0 Å². The monoisotopic (exact) mass is 318 g/mol. The molecule has 0 radical (unpaired) electrons. The van der Waals surface area contributed by atoms with Crippen molar-refractivity contribution >= 4 is 11.7 Å². The van der Waals surface area contributed by atoms with Gasteiger partial charge < -0.3 is 10.1 Å². The molecule has 23 heavy (non-hydrogen) atoms. The summed E-state index contributed by atoms with van der Waals surface area (Å²) in [4.78, 5) is 23.9. The van der Waals surface area contributed by atoms with Crippen molar-refractivity contribution in [3.63, 3.8) is 0 Å². The van der Waals surface area contributed by atoms with Crippen LogP contribution in [0, 0.1) is 17.1 Å². The average Bonchev–Trinajstić information content (AvgIpc) is 2.56. The Kier molecular flexibility index (Phi) is 5.83. The molecule has 1 N–H and O–H groups in total. The molecule has 1 amide bonds. The van der Waals surface area contributed by atoms with Gasteiger partial charge in [-0.15, -0.1) is 0 Å². The van der Waals surface area contributed by atoms with Crippen LogP contribution in [0.2, 0.25) is 0 Å². The van der Waals surface area contributed by atoms with Crippen LogP contribution in [0.5, 0.6) is 0 Å².